The number of hydrogen-bond donors (Lipinski definition) is 1. The standard InChI is InChI=1S/C25H25N3O5S/c1-15-19(13-16-9-10-20(32-2)21(14-16)33-3)26-25(34)28(22(15)29)12-6-11-27-23(30)17-7-4-5-8-18(17)24(27)31/h4-5,7-10,14H,6,11-13H2,1-3H3,(H,26,34). The zero-order chi connectivity index (χ0) is 24.4. The van der Waals surface area contributed by atoms with Crippen LogP contribution < -0.4 is 15.0 Å². The fourth-order valence-electron chi connectivity index (χ4n) is 4.12. The molecule has 0 fully saturated rings. The van der Waals surface area contributed by atoms with Crippen LogP contribution in [0.1, 0.15) is 44.0 Å². The van der Waals surface area contributed by atoms with Gasteiger partial charge < -0.3 is 14.5 Å². The number of carbonyl (C=O) groups excluding carboxylic acids is 2. The number of nitrogens with one attached hydrogen (secondary N) is 1. The minimum atomic E-state index is -0.306. The minimum Gasteiger partial charge on any atom is -0.493 e. The molecule has 1 aliphatic heterocycles. The number of amides is 2. The summed E-state index contributed by atoms with van der Waals surface area (Å²) in [5.74, 6) is 0.626. The highest BCUT2D eigenvalue weighted by atomic mass is 32.1. The largest absolute Gasteiger partial charge is 0.493 e. The molecule has 0 bridgehead atoms. The average molecular weight is 480 g/mol. The molecule has 4 rings (SSSR count). The quantitative estimate of drug-likeness (QED) is 0.393. The Hall–Kier alpha value is -3.72. The summed E-state index contributed by atoms with van der Waals surface area (Å²) >= 11 is 5.46. The molecule has 0 saturated heterocycles. The number of imide groups is 1. The molecule has 0 spiro atoms. The molecule has 0 saturated carbocycles. The third kappa shape index (κ3) is 4.26. The normalized spacial score (nSPS) is 12.7. The Labute approximate surface area is 201 Å². The van der Waals surface area contributed by atoms with Crippen molar-refractivity contribution in [1.82, 2.24) is 14.5 Å². The number of aromatic amines is 1. The van der Waals surface area contributed by atoms with Crippen molar-refractivity contribution in [2.24, 2.45) is 0 Å². The van der Waals surface area contributed by atoms with E-state index in [1.54, 1.807) is 45.4 Å². The maximum Gasteiger partial charge on any atom is 0.261 e. The molecule has 1 aliphatic rings. The zero-order valence-corrected chi connectivity index (χ0v) is 20.0. The average Bonchev–Trinajstić information content (AvgIpc) is 3.09. The molecule has 2 aromatic carbocycles. The topological polar surface area (TPSA) is 93.6 Å². The zero-order valence-electron chi connectivity index (χ0n) is 19.2. The van der Waals surface area contributed by atoms with Crippen LogP contribution >= 0.6 is 12.2 Å². The van der Waals surface area contributed by atoms with E-state index in [9.17, 15) is 14.4 Å². The summed E-state index contributed by atoms with van der Waals surface area (Å²) in [5.41, 5.74) is 2.85. The van der Waals surface area contributed by atoms with Crippen LogP contribution in [0.25, 0.3) is 0 Å². The monoisotopic (exact) mass is 479 g/mol. The number of carbonyl (C=O) groups is 2. The van der Waals surface area contributed by atoms with Gasteiger partial charge in [-0.2, -0.15) is 0 Å². The van der Waals surface area contributed by atoms with Crippen molar-refractivity contribution >= 4 is 24.0 Å². The van der Waals surface area contributed by atoms with Gasteiger partial charge in [0.25, 0.3) is 17.4 Å². The summed E-state index contributed by atoms with van der Waals surface area (Å²) in [6.07, 6.45) is 0.887. The van der Waals surface area contributed by atoms with Gasteiger partial charge in [-0.05, 0) is 55.4 Å². The summed E-state index contributed by atoms with van der Waals surface area (Å²) in [6.45, 7) is 2.25. The predicted molar refractivity (Wildman–Crippen MR) is 129 cm³/mol. The van der Waals surface area contributed by atoms with E-state index in [2.05, 4.69) is 4.98 Å². The molecule has 2 amide bonds. The van der Waals surface area contributed by atoms with Crippen molar-refractivity contribution in [3.8, 4) is 11.5 Å². The molecule has 34 heavy (non-hydrogen) atoms. The molecule has 0 aliphatic carbocycles. The number of ether oxygens (including phenoxy) is 2. The van der Waals surface area contributed by atoms with Gasteiger partial charge in [-0.3, -0.25) is 23.9 Å². The van der Waals surface area contributed by atoms with Gasteiger partial charge >= 0.3 is 0 Å². The Balaban J connectivity index is 1.48. The van der Waals surface area contributed by atoms with E-state index in [1.807, 2.05) is 18.2 Å². The second kappa shape index (κ2) is 9.64. The van der Waals surface area contributed by atoms with E-state index < -0.39 is 0 Å². The number of nitrogens with zero attached hydrogens (tertiary/aromatic N) is 2. The van der Waals surface area contributed by atoms with Crippen LogP contribution in [0.5, 0.6) is 11.5 Å². The lowest BCUT2D eigenvalue weighted by atomic mass is 10.1. The number of hydrogen-bond acceptors (Lipinski definition) is 6. The van der Waals surface area contributed by atoms with E-state index in [-0.39, 0.29) is 23.9 Å². The van der Waals surface area contributed by atoms with Crippen molar-refractivity contribution in [2.75, 3.05) is 20.8 Å². The third-order valence-electron chi connectivity index (χ3n) is 5.99. The summed E-state index contributed by atoms with van der Waals surface area (Å²) in [5, 5.41) is 0. The fraction of sp³-hybridized carbons (Fsp3) is 0.280. The highest BCUT2D eigenvalue weighted by Gasteiger charge is 2.34. The first-order valence-electron chi connectivity index (χ1n) is 10.8. The number of methoxy groups -OCH3 is 2. The molecule has 1 N–H and O–H groups in total. The Morgan fingerprint density at radius 1 is 0.912 bits per heavy atom. The first-order chi connectivity index (χ1) is 16.3. The van der Waals surface area contributed by atoms with Crippen molar-refractivity contribution in [2.45, 2.75) is 26.3 Å². The second-order valence-corrected chi connectivity index (χ2v) is 8.40. The van der Waals surface area contributed by atoms with Crippen molar-refractivity contribution in [3.63, 3.8) is 0 Å². The first-order valence-corrected chi connectivity index (χ1v) is 11.2. The molecule has 3 aromatic rings. The van der Waals surface area contributed by atoms with Gasteiger partial charge in [-0.1, -0.05) is 18.2 Å². The highest BCUT2D eigenvalue weighted by molar-refractivity contribution is 7.71. The van der Waals surface area contributed by atoms with E-state index in [4.69, 9.17) is 21.7 Å². The van der Waals surface area contributed by atoms with Crippen LogP contribution in [-0.2, 0) is 13.0 Å². The fourth-order valence-corrected chi connectivity index (χ4v) is 4.42. The van der Waals surface area contributed by atoms with Gasteiger partial charge in [-0.25, -0.2) is 0 Å². The Kier molecular flexibility index (Phi) is 6.65. The van der Waals surface area contributed by atoms with Gasteiger partial charge in [0, 0.05) is 30.8 Å². The van der Waals surface area contributed by atoms with Crippen LogP contribution in [0, 0.1) is 11.7 Å². The van der Waals surface area contributed by atoms with Crippen LogP contribution in [0.15, 0.2) is 47.3 Å². The molecule has 2 heterocycles. The van der Waals surface area contributed by atoms with Gasteiger partial charge in [0.1, 0.15) is 0 Å². The summed E-state index contributed by atoms with van der Waals surface area (Å²) < 4.78 is 12.4. The number of rotatable bonds is 8. The van der Waals surface area contributed by atoms with Gasteiger partial charge in [0.05, 0.1) is 25.3 Å². The van der Waals surface area contributed by atoms with Gasteiger partial charge in [0.15, 0.2) is 16.3 Å². The van der Waals surface area contributed by atoms with E-state index in [0.717, 1.165) is 11.3 Å². The van der Waals surface area contributed by atoms with E-state index in [1.165, 1.54) is 9.47 Å². The van der Waals surface area contributed by atoms with Gasteiger partial charge in [0.2, 0.25) is 0 Å². The SMILES string of the molecule is COc1ccc(Cc2[nH]c(=S)n(CCCN3C(=O)c4ccccc4C3=O)c(=O)c2C)cc1OC. The van der Waals surface area contributed by atoms with Crippen LogP contribution in [0.4, 0.5) is 0 Å². The molecule has 0 radical (unpaired) electrons. The molecule has 0 atom stereocenters. The molecular formula is C25H25N3O5S. The number of fused-ring (bicyclic) bond motifs is 1. The number of benzene rings is 2. The molecule has 1 aromatic heterocycles. The first kappa shape index (κ1) is 23.4. The van der Waals surface area contributed by atoms with Gasteiger partial charge in [-0.15, -0.1) is 0 Å². The summed E-state index contributed by atoms with van der Waals surface area (Å²) in [7, 11) is 3.15. The molecule has 9 heteroatoms. The molecular weight excluding hydrogens is 454 g/mol. The van der Waals surface area contributed by atoms with E-state index in [0.29, 0.717) is 52.3 Å². The number of H-pyrrole nitrogens is 1. The number of aromatic nitrogens is 2. The summed E-state index contributed by atoms with van der Waals surface area (Å²) in [6, 6.07) is 12.4. The molecule has 0 unspecified atom stereocenters. The highest BCUT2D eigenvalue weighted by Crippen LogP contribution is 2.28. The van der Waals surface area contributed by atoms with E-state index >= 15 is 0 Å². The van der Waals surface area contributed by atoms with Crippen molar-refractivity contribution in [1.29, 1.82) is 0 Å². The second-order valence-electron chi connectivity index (χ2n) is 8.02. The van der Waals surface area contributed by atoms with Crippen LogP contribution in [0.2, 0.25) is 0 Å². The lowest BCUT2D eigenvalue weighted by Crippen LogP contribution is -2.33. The third-order valence-corrected chi connectivity index (χ3v) is 6.31. The Bertz CT molecular complexity index is 1360. The lowest BCUT2D eigenvalue weighted by Gasteiger charge is -2.15. The predicted octanol–water partition coefficient (Wildman–Crippen LogP) is 3.51. The molecule has 176 valence electrons. The van der Waals surface area contributed by atoms with Crippen molar-refractivity contribution < 1.29 is 19.1 Å². The van der Waals surface area contributed by atoms with Crippen LogP contribution in [0.3, 0.4) is 0 Å². The Morgan fingerprint density at radius 2 is 1.56 bits per heavy atom. The molecule has 8 nitrogen and oxygen atoms in total. The lowest BCUT2D eigenvalue weighted by molar-refractivity contribution is 0.0650. The summed E-state index contributed by atoms with van der Waals surface area (Å²) in [4.78, 5) is 42.5. The maximum atomic E-state index is 13.0. The van der Waals surface area contributed by atoms with Crippen LogP contribution in [-0.4, -0.2) is 47.0 Å². The minimum absolute atomic E-state index is 0.193. The smallest absolute Gasteiger partial charge is 0.261 e. The Morgan fingerprint density at radius 3 is 2.18 bits per heavy atom. The van der Waals surface area contributed by atoms with Crippen molar-refractivity contribution in [3.05, 3.63) is 85.5 Å². The maximum absolute atomic E-state index is 13.0.